The van der Waals surface area contributed by atoms with E-state index in [1.807, 2.05) is 0 Å². The Morgan fingerprint density at radius 3 is 2.24 bits per heavy atom. The van der Waals surface area contributed by atoms with Crippen LogP contribution in [-0.2, 0) is 9.84 Å². The van der Waals surface area contributed by atoms with E-state index in [2.05, 4.69) is 0 Å². The minimum Gasteiger partial charge on any atom is -0.486 e. The minimum absolute atomic E-state index is 0.272. The summed E-state index contributed by atoms with van der Waals surface area (Å²) in [6.07, 6.45) is 0. The Hall–Kier alpha value is -1.23. The van der Waals surface area contributed by atoms with Crippen molar-refractivity contribution in [3.8, 4) is 11.5 Å². The van der Waals surface area contributed by atoms with Crippen LogP contribution in [0, 0.1) is 0 Å². The Balaban J connectivity index is 2.48. The van der Waals surface area contributed by atoms with Gasteiger partial charge in [-0.05, 0) is 32.9 Å². The Morgan fingerprint density at radius 1 is 1.06 bits per heavy atom. The number of benzene rings is 1. The van der Waals surface area contributed by atoms with Crippen LogP contribution >= 0.6 is 0 Å². The van der Waals surface area contributed by atoms with Gasteiger partial charge in [-0.3, -0.25) is 0 Å². The van der Waals surface area contributed by atoms with Gasteiger partial charge < -0.3 is 9.47 Å². The Morgan fingerprint density at radius 2 is 1.65 bits per heavy atom. The smallest absolute Gasteiger partial charge is 0.183 e. The second-order valence-corrected chi connectivity index (χ2v) is 7.62. The minimum atomic E-state index is -3.35. The molecule has 0 unspecified atom stereocenters. The standard InChI is InChI=1S/C12H16O4S/c1-12(2,3)17(13,14)9-4-5-10-11(8-9)16-7-6-15-10/h4-5,8H,6-7H2,1-3H3. The third-order valence-electron chi connectivity index (χ3n) is 2.63. The zero-order valence-electron chi connectivity index (χ0n) is 10.2. The fraction of sp³-hybridized carbons (Fsp3) is 0.500. The second kappa shape index (κ2) is 3.91. The third-order valence-corrected chi connectivity index (χ3v) is 5.12. The third kappa shape index (κ3) is 2.11. The summed E-state index contributed by atoms with van der Waals surface area (Å²) in [6.45, 7) is 5.99. The van der Waals surface area contributed by atoms with Crippen molar-refractivity contribution in [1.29, 1.82) is 0 Å². The highest BCUT2D eigenvalue weighted by molar-refractivity contribution is 7.92. The Kier molecular flexibility index (Phi) is 2.81. The summed E-state index contributed by atoms with van der Waals surface area (Å²) < 4.78 is 34.4. The lowest BCUT2D eigenvalue weighted by atomic mass is 10.3. The first-order chi connectivity index (χ1) is 7.82. The summed E-state index contributed by atoms with van der Waals surface area (Å²) in [5.41, 5.74) is 0. The molecule has 94 valence electrons. The maximum atomic E-state index is 12.2. The fourth-order valence-electron chi connectivity index (χ4n) is 1.54. The van der Waals surface area contributed by atoms with Gasteiger partial charge in [-0.25, -0.2) is 8.42 Å². The molecule has 2 rings (SSSR count). The first-order valence-corrected chi connectivity index (χ1v) is 6.95. The van der Waals surface area contributed by atoms with Crippen molar-refractivity contribution in [1.82, 2.24) is 0 Å². The van der Waals surface area contributed by atoms with E-state index in [4.69, 9.17) is 9.47 Å². The van der Waals surface area contributed by atoms with Crippen molar-refractivity contribution >= 4 is 9.84 Å². The molecular formula is C12H16O4S. The average molecular weight is 256 g/mol. The molecule has 1 heterocycles. The molecule has 0 amide bonds. The van der Waals surface area contributed by atoms with Gasteiger partial charge in [0.2, 0.25) is 0 Å². The summed E-state index contributed by atoms with van der Waals surface area (Å²) in [4.78, 5) is 0.272. The van der Waals surface area contributed by atoms with E-state index in [0.29, 0.717) is 24.7 Å². The van der Waals surface area contributed by atoms with Crippen LogP contribution < -0.4 is 9.47 Å². The molecule has 4 nitrogen and oxygen atoms in total. The topological polar surface area (TPSA) is 52.6 Å². The van der Waals surface area contributed by atoms with E-state index < -0.39 is 14.6 Å². The van der Waals surface area contributed by atoms with Crippen LogP contribution in [0.25, 0.3) is 0 Å². The van der Waals surface area contributed by atoms with Crippen molar-refractivity contribution < 1.29 is 17.9 Å². The molecule has 1 aromatic carbocycles. The molecule has 1 aliphatic heterocycles. The van der Waals surface area contributed by atoms with E-state index in [1.54, 1.807) is 32.9 Å². The van der Waals surface area contributed by atoms with Gasteiger partial charge in [0, 0.05) is 6.07 Å². The van der Waals surface area contributed by atoms with Gasteiger partial charge in [0.1, 0.15) is 13.2 Å². The van der Waals surface area contributed by atoms with Crippen molar-refractivity contribution in [3.05, 3.63) is 18.2 Å². The molecule has 17 heavy (non-hydrogen) atoms. The first kappa shape index (κ1) is 12.2. The first-order valence-electron chi connectivity index (χ1n) is 5.47. The average Bonchev–Trinajstić information content (AvgIpc) is 2.27. The lowest BCUT2D eigenvalue weighted by molar-refractivity contribution is 0.171. The van der Waals surface area contributed by atoms with Crippen LogP contribution in [0.4, 0.5) is 0 Å². The van der Waals surface area contributed by atoms with Crippen LogP contribution in [0.3, 0.4) is 0 Å². The van der Waals surface area contributed by atoms with Gasteiger partial charge in [-0.1, -0.05) is 0 Å². The quantitative estimate of drug-likeness (QED) is 0.771. The summed E-state index contributed by atoms with van der Waals surface area (Å²) in [7, 11) is -3.35. The van der Waals surface area contributed by atoms with Crippen LogP contribution in [0.1, 0.15) is 20.8 Å². The monoisotopic (exact) mass is 256 g/mol. The molecular weight excluding hydrogens is 240 g/mol. The van der Waals surface area contributed by atoms with E-state index in [1.165, 1.54) is 6.07 Å². The molecule has 0 aromatic heterocycles. The lowest BCUT2D eigenvalue weighted by Gasteiger charge is -2.22. The molecule has 0 fully saturated rings. The van der Waals surface area contributed by atoms with E-state index in [9.17, 15) is 8.42 Å². The summed E-state index contributed by atoms with van der Waals surface area (Å²) in [5.74, 6) is 1.10. The van der Waals surface area contributed by atoms with Gasteiger partial charge in [-0.2, -0.15) is 0 Å². The summed E-state index contributed by atoms with van der Waals surface area (Å²) in [6, 6.07) is 4.75. The molecule has 0 saturated heterocycles. The zero-order valence-corrected chi connectivity index (χ0v) is 11.0. The zero-order chi connectivity index (χ0) is 12.7. The van der Waals surface area contributed by atoms with Crippen molar-refractivity contribution in [3.63, 3.8) is 0 Å². The molecule has 0 N–H and O–H groups in total. The molecule has 0 radical (unpaired) electrons. The number of hydrogen-bond donors (Lipinski definition) is 0. The largest absolute Gasteiger partial charge is 0.486 e. The van der Waals surface area contributed by atoms with Crippen molar-refractivity contribution in [2.24, 2.45) is 0 Å². The van der Waals surface area contributed by atoms with Gasteiger partial charge in [-0.15, -0.1) is 0 Å². The SMILES string of the molecule is CC(C)(C)S(=O)(=O)c1ccc2c(c1)OCCO2. The predicted octanol–water partition coefficient (Wildman–Crippen LogP) is 2.03. The lowest BCUT2D eigenvalue weighted by Crippen LogP contribution is -2.28. The molecule has 5 heteroatoms. The maximum Gasteiger partial charge on any atom is 0.183 e. The number of hydrogen-bond acceptors (Lipinski definition) is 4. The Bertz CT molecular complexity index is 526. The van der Waals surface area contributed by atoms with E-state index in [0.717, 1.165) is 0 Å². The number of sulfone groups is 1. The van der Waals surface area contributed by atoms with Crippen LogP contribution in [0.15, 0.2) is 23.1 Å². The second-order valence-electron chi connectivity index (χ2n) is 4.92. The van der Waals surface area contributed by atoms with Gasteiger partial charge >= 0.3 is 0 Å². The summed E-state index contributed by atoms with van der Waals surface area (Å²) >= 11 is 0. The fourth-order valence-corrected chi connectivity index (χ4v) is 2.76. The summed E-state index contributed by atoms with van der Waals surface area (Å²) in [5, 5.41) is 0. The Labute approximate surface area is 101 Å². The highest BCUT2D eigenvalue weighted by Crippen LogP contribution is 2.34. The number of rotatable bonds is 1. The molecule has 0 aliphatic carbocycles. The molecule has 0 spiro atoms. The molecule has 1 aromatic rings. The number of fused-ring (bicyclic) bond motifs is 1. The van der Waals surface area contributed by atoms with E-state index >= 15 is 0 Å². The van der Waals surface area contributed by atoms with E-state index in [-0.39, 0.29) is 4.90 Å². The van der Waals surface area contributed by atoms with Crippen LogP contribution in [0.2, 0.25) is 0 Å². The van der Waals surface area contributed by atoms with Gasteiger partial charge in [0.15, 0.2) is 21.3 Å². The maximum absolute atomic E-state index is 12.2. The normalized spacial score (nSPS) is 15.7. The van der Waals surface area contributed by atoms with Gasteiger partial charge in [0.05, 0.1) is 9.64 Å². The highest BCUT2D eigenvalue weighted by atomic mass is 32.2. The predicted molar refractivity (Wildman–Crippen MR) is 64.4 cm³/mol. The molecule has 0 atom stereocenters. The highest BCUT2D eigenvalue weighted by Gasteiger charge is 2.31. The molecule has 0 bridgehead atoms. The van der Waals surface area contributed by atoms with Crippen molar-refractivity contribution in [2.45, 2.75) is 30.4 Å². The van der Waals surface area contributed by atoms with Gasteiger partial charge in [0.25, 0.3) is 0 Å². The molecule has 1 aliphatic rings. The number of ether oxygens (including phenoxy) is 2. The van der Waals surface area contributed by atoms with Crippen LogP contribution in [-0.4, -0.2) is 26.4 Å². The molecule has 0 saturated carbocycles. The van der Waals surface area contributed by atoms with Crippen LogP contribution in [0.5, 0.6) is 11.5 Å². The van der Waals surface area contributed by atoms with Crippen molar-refractivity contribution in [2.75, 3.05) is 13.2 Å².